The average molecular weight is 291 g/mol. The summed E-state index contributed by atoms with van der Waals surface area (Å²) in [7, 11) is 1.61. The maximum absolute atomic E-state index is 12.6. The standard InChI is InChI=1S/C14H20F3NO2/c1-10(9-20-2)7-18-8-13(19)11-4-3-5-12(6-11)14(15,16)17/h3-6,10,13,18-19H,7-9H2,1-2H3. The third-order valence-corrected chi connectivity index (χ3v) is 2.88. The van der Waals surface area contributed by atoms with Crippen molar-refractivity contribution in [3.8, 4) is 0 Å². The van der Waals surface area contributed by atoms with Gasteiger partial charge in [0.05, 0.1) is 11.7 Å². The summed E-state index contributed by atoms with van der Waals surface area (Å²) in [6.07, 6.45) is -5.36. The first kappa shape index (κ1) is 16.9. The first-order valence-corrected chi connectivity index (χ1v) is 6.39. The Balaban J connectivity index is 2.53. The van der Waals surface area contributed by atoms with Crippen LogP contribution in [0, 0.1) is 5.92 Å². The van der Waals surface area contributed by atoms with Gasteiger partial charge >= 0.3 is 6.18 Å². The van der Waals surface area contributed by atoms with Crippen molar-refractivity contribution in [2.45, 2.75) is 19.2 Å². The first-order chi connectivity index (χ1) is 9.34. The van der Waals surface area contributed by atoms with Crippen molar-refractivity contribution >= 4 is 0 Å². The Labute approximate surface area is 116 Å². The normalized spacial score (nSPS) is 15.1. The molecule has 114 valence electrons. The van der Waals surface area contributed by atoms with Crippen LogP contribution in [0.15, 0.2) is 24.3 Å². The molecule has 0 bridgehead atoms. The second kappa shape index (κ2) is 7.61. The highest BCUT2D eigenvalue weighted by atomic mass is 19.4. The van der Waals surface area contributed by atoms with Crippen molar-refractivity contribution in [3.05, 3.63) is 35.4 Å². The second-order valence-electron chi connectivity index (χ2n) is 4.86. The molecule has 0 saturated heterocycles. The van der Waals surface area contributed by atoms with E-state index < -0.39 is 17.8 Å². The Hall–Kier alpha value is -1.11. The van der Waals surface area contributed by atoms with E-state index in [-0.39, 0.29) is 18.0 Å². The first-order valence-electron chi connectivity index (χ1n) is 6.39. The van der Waals surface area contributed by atoms with Gasteiger partial charge in [-0.25, -0.2) is 0 Å². The summed E-state index contributed by atoms with van der Waals surface area (Å²) >= 11 is 0. The fourth-order valence-corrected chi connectivity index (χ4v) is 1.85. The van der Waals surface area contributed by atoms with Crippen molar-refractivity contribution < 1.29 is 23.0 Å². The molecule has 0 radical (unpaired) electrons. The monoisotopic (exact) mass is 291 g/mol. The van der Waals surface area contributed by atoms with Gasteiger partial charge in [-0.3, -0.25) is 0 Å². The van der Waals surface area contributed by atoms with Gasteiger partial charge in [-0.05, 0) is 23.6 Å². The van der Waals surface area contributed by atoms with Gasteiger partial charge in [0.1, 0.15) is 0 Å². The molecular weight excluding hydrogens is 271 g/mol. The largest absolute Gasteiger partial charge is 0.416 e. The Bertz CT molecular complexity index is 410. The lowest BCUT2D eigenvalue weighted by Crippen LogP contribution is -2.28. The van der Waals surface area contributed by atoms with E-state index in [2.05, 4.69) is 5.32 Å². The number of rotatable bonds is 7. The fraction of sp³-hybridized carbons (Fsp3) is 0.571. The Morgan fingerprint density at radius 1 is 1.30 bits per heavy atom. The number of nitrogens with one attached hydrogen (secondary N) is 1. The molecule has 1 aromatic rings. The highest BCUT2D eigenvalue weighted by molar-refractivity contribution is 5.27. The molecule has 0 aliphatic heterocycles. The quantitative estimate of drug-likeness (QED) is 0.811. The molecule has 3 nitrogen and oxygen atoms in total. The van der Waals surface area contributed by atoms with Crippen LogP contribution in [0.1, 0.15) is 24.2 Å². The number of methoxy groups -OCH3 is 1. The summed E-state index contributed by atoms with van der Waals surface area (Å²) in [5.74, 6) is 0.272. The molecule has 6 heteroatoms. The number of aliphatic hydroxyl groups excluding tert-OH is 1. The number of ether oxygens (including phenoxy) is 1. The fourth-order valence-electron chi connectivity index (χ4n) is 1.85. The summed E-state index contributed by atoms with van der Waals surface area (Å²) in [4.78, 5) is 0. The summed E-state index contributed by atoms with van der Waals surface area (Å²) in [5, 5.41) is 12.9. The number of aliphatic hydroxyl groups is 1. The molecule has 0 heterocycles. The molecule has 0 aliphatic carbocycles. The molecule has 20 heavy (non-hydrogen) atoms. The van der Waals surface area contributed by atoms with Gasteiger partial charge < -0.3 is 15.2 Å². The minimum absolute atomic E-state index is 0.204. The van der Waals surface area contributed by atoms with Gasteiger partial charge in [0.25, 0.3) is 0 Å². The predicted octanol–water partition coefficient (Wildman–Crippen LogP) is 2.61. The van der Waals surface area contributed by atoms with Gasteiger partial charge in [-0.15, -0.1) is 0 Å². The van der Waals surface area contributed by atoms with Crippen LogP contribution in [-0.2, 0) is 10.9 Å². The molecule has 0 fully saturated rings. The molecule has 2 unspecified atom stereocenters. The molecule has 0 spiro atoms. The molecule has 1 rings (SSSR count). The van der Waals surface area contributed by atoms with Crippen molar-refractivity contribution in [3.63, 3.8) is 0 Å². The van der Waals surface area contributed by atoms with Gasteiger partial charge in [0, 0.05) is 26.8 Å². The zero-order valence-corrected chi connectivity index (χ0v) is 11.6. The zero-order valence-electron chi connectivity index (χ0n) is 11.6. The SMILES string of the molecule is COCC(C)CNCC(O)c1cccc(C(F)(F)F)c1. The van der Waals surface area contributed by atoms with E-state index in [1.54, 1.807) is 7.11 Å². The van der Waals surface area contributed by atoms with Crippen LogP contribution in [0.3, 0.4) is 0 Å². The van der Waals surface area contributed by atoms with E-state index >= 15 is 0 Å². The lowest BCUT2D eigenvalue weighted by Gasteiger charge is -2.16. The lowest BCUT2D eigenvalue weighted by molar-refractivity contribution is -0.137. The Kier molecular flexibility index (Phi) is 6.45. The predicted molar refractivity (Wildman–Crippen MR) is 70.3 cm³/mol. The highest BCUT2D eigenvalue weighted by Gasteiger charge is 2.30. The molecule has 0 aromatic heterocycles. The van der Waals surface area contributed by atoms with Crippen molar-refractivity contribution in [2.24, 2.45) is 5.92 Å². The van der Waals surface area contributed by atoms with Gasteiger partial charge in [-0.1, -0.05) is 19.1 Å². The molecule has 0 saturated carbocycles. The maximum Gasteiger partial charge on any atom is 0.416 e. The molecule has 1 aromatic carbocycles. The number of hydrogen-bond donors (Lipinski definition) is 2. The number of hydrogen-bond acceptors (Lipinski definition) is 3. The third-order valence-electron chi connectivity index (χ3n) is 2.88. The third kappa shape index (κ3) is 5.48. The van der Waals surface area contributed by atoms with Crippen LogP contribution in [0.5, 0.6) is 0 Å². The van der Waals surface area contributed by atoms with Gasteiger partial charge in [0.15, 0.2) is 0 Å². The van der Waals surface area contributed by atoms with Crippen molar-refractivity contribution in [1.82, 2.24) is 5.32 Å². The summed E-state index contributed by atoms with van der Waals surface area (Å²) in [5.41, 5.74) is -0.492. The topological polar surface area (TPSA) is 41.5 Å². The Morgan fingerprint density at radius 3 is 2.60 bits per heavy atom. The second-order valence-corrected chi connectivity index (χ2v) is 4.86. The molecule has 2 N–H and O–H groups in total. The van der Waals surface area contributed by atoms with Crippen LogP contribution in [0.2, 0.25) is 0 Å². The van der Waals surface area contributed by atoms with Crippen LogP contribution in [0.4, 0.5) is 13.2 Å². The summed E-state index contributed by atoms with van der Waals surface area (Å²) in [6.45, 7) is 3.40. The van der Waals surface area contributed by atoms with Crippen LogP contribution in [-0.4, -0.2) is 31.9 Å². The summed E-state index contributed by atoms with van der Waals surface area (Å²) < 4.78 is 42.7. The molecular formula is C14H20F3NO2. The minimum atomic E-state index is -4.39. The van der Waals surface area contributed by atoms with E-state index in [0.717, 1.165) is 12.1 Å². The number of alkyl halides is 3. The molecule has 2 atom stereocenters. The lowest BCUT2D eigenvalue weighted by atomic mass is 10.1. The van der Waals surface area contributed by atoms with E-state index in [0.29, 0.717) is 13.2 Å². The van der Waals surface area contributed by atoms with Crippen LogP contribution < -0.4 is 5.32 Å². The van der Waals surface area contributed by atoms with Crippen LogP contribution >= 0.6 is 0 Å². The van der Waals surface area contributed by atoms with E-state index in [4.69, 9.17) is 4.74 Å². The summed E-state index contributed by atoms with van der Waals surface area (Å²) in [6, 6.07) is 4.75. The van der Waals surface area contributed by atoms with Gasteiger partial charge in [-0.2, -0.15) is 13.2 Å². The highest BCUT2D eigenvalue weighted by Crippen LogP contribution is 2.30. The number of benzene rings is 1. The average Bonchev–Trinajstić information content (AvgIpc) is 2.38. The minimum Gasteiger partial charge on any atom is -0.387 e. The molecule has 0 aliphatic rings. The molecule has 0 amide bonds. The smallest absolute Gasteiger partial charge is 0.387 e. The van der Waals surface area contributed by atoms with Crippen molar-refractivity contribution in [2.75, 3.05) is 26.8 Å². The zero-order chi connectivity index (χ0) is 15.2. The van der Waals surface area contributed by atoms with E-state index in [9.17, 15) is 18.3 Å². The maximum atomic E-state index is 12.6. The van der Waals surface area contributed by atoms with Gasteiger partial charge in [0.2, 0.25) is 0 Å². The number of halogens is 3. The van der Waals surface area contributed by atoms with E-state index in [1.807, 2.05) is 6.92 Å². The Morgan fingerprint density at radius 2 is 2.00 bits per heavy atom. The van der Waals surface area contributed by atoms with Crippen LogP contribution in [0.25, 0.3) is 0 Å². The van der Waals surface area contributed by atoms with Crippen molar-refractivity contribution in [1.29, 1.82) is 0 Å². The van der Waals surface area contributed by atoms with E-state index in [1.165, 1.54) is 12.1 Å².